The summed E-state index contributed by atoms with van der Waals surface area (Å²) in [6.07, 6.45) is 3.52. The summed E-state index contributed by atoms with van der Waals surface area (Å²) in [5, 5.41) is 9.50. The lowest BCUT2D eigenvalue weighted by atomic mass is 10.1. The van der Waals surface area contributed by atoms with Gasteiger partial charge in [0.1, 0.15) is 5.75 Å². The smallest absolute Gasteiger partial charge is 0.225 e. The molecule has 1 aromatic heterocycles. The molecule has 3 heteroatoms. The van der Waals surface area contributed by atoms with Gasteiger partial charge in [-0.1, -0.05) is 6.07 Å². The monoisotopic (exact) mass is 269 g/mol. The Labute approximate surface area is 119 Å². The van der Waals surface area contributed by atoms with E-state index in [4.69, 9.17) is 4.74 Å². The van der Waals surface area contributed by atoms with Gasteiger partial charge < -0.3 is 9.84 Å². The molecule has 1 N–H and O–H groups in total. The standard InChI is InChI=1S/C17H19NO2/c1-11-8-12(2)18-17(16(11)10-19)20-15-7-6-13-4-3-5-14(13)9-15/h6-9,19H,3-5,10H2,1-2H3. The molecule has 104 valence electrons. The summed E-state index contributed by atoms with van der Waals surface area (Å²) in [5.74, 6) is 1.32. The maximum atomic E-state index is 9.50. The van der Waals surface area contributed by atoms with Crippen LogP contribution in [0.3, 0.4) is 0 Å². The predicted octanol–water partition coefficient (Wildman–Crippen LogP) is 3.47. The largest absolute Gasteiger partial charge is 0.439 e. The van der Waals surface area contributed by atoms with Crippen molar-refractivity contribution in [3.8, 4) is 11.6 Å². The van der Waals surface area contributed by atoms with Gasteiger partial charge in [0.2, 0.25) is 5.88 Å². The van der Waals surface area contributed by atoms with Crippen molar-refractivity contribution in [2.75, 3.05) is 0 Å². The minimum absolute atomic E-state index is 0.0562. The van der Waals surface area contributed by atoms with Crippen LogP contribution in [-0.2, 0) is 19.4 Å². The number of aliphatic hydroxyl groups is 1. The van der Waals surface area contributed by atoms with Crippen LogP contribution in [0.1, 0.15) is 34.4 Å². The van der Waals surface area contributed by atoms with E-state index in [1.165, 1.54) is 24.0 Å². The fourth-order valence-corrected chi connectivity index (χ4v) is 2.83. The van der Waals surface area contributed by atoms with Crippen LogP contribution in [0.25, 0.3) is 0 Å². The van der Waals surface area contributed by atoms with Gasteiger partial charge in [0.05, 0.1) is 6.61 Å². The third kappa shape index (κ3) is 2.41. The average molecular weight is 269 g/mol. The number of fused-ring (bicyclic) bond motifs is 1. The van der Waals surface area contributed by atoms with Crippen molar-refractivity contribution in [3.05, 3.63) is 52.2 Å². The molecule has 0 fully saturated rings. The van der Waals surface area contributed by atoms with Gasteiger partial charge in [-0.3, -0.25) is 0 Å². The van der Waals surface area contributed by atoms with Crippen molar-refractivity contribution in [1.29, 1.82) is 0 Å². The molecular weight excluding hydrogens is 250 g/mol. The van der Waals surface area contributed by atoms with E-state index in [9.17, 15) is 5.11 Å². The first kappa shape index (κ1) is 13.1. The van der Waals surface area contributed by atoms with E-state index in [0.29, 0.717) is 5.88 Å². The molecular formula is C17H19NO2. The zero-order valence-corrected chi connectivity index (χ0v) is 11.9. The van der Waals surface area contributed by atoms with E-state index in [1.54, 1.807) is 0 Å². The van der Waals surface area contributed by atoms with Gasteiger partial charge in [0.15, 0.2) is 0 Å². The van der Waals surface area contributed by atoms with Gasteiger partial charge in [-0.2, -0.15) is 0 Å². The fraction of sp³-hybridized carbons (Fsp3) is 0.353. The lowest BCUT2D eigenvalue weighted by Gasteiger charge is -2.13. The van der Waals surface area contributed by atoms with Crippen molar-refractivity contribution in [2.45, 2.75) is 39.7 Å². The van der Waals surface area contributed by atoms with Crippen LogP contribution < -0.4 is 4.74 Å². The molecule has 3 nitrogen and oxygen atoms in total. The Morgan fingerprint density at radius 3 is 2.75 bits per heavy atom. The van der Waals surface area contributed by atoms with E-state index in [1.807, 2.05) is 26.0 Å². The number of ether oxygens (including phenoxy) is 1. The Kier molecular flexibility index (Phi) is 3.45. The lowest BCUT2D eigenvalue weighted by molar-refractivity contribution is 0.274. The first-order valence-electron chi connectivity index (χ1n) is 7.05. The highest BCUT2D eigenvalue weighted by Gasteiger charge is 2.14. The minimum Gasteiger partial charge on any atom is -0.439 e. The van der Waals surface area contributed by atoms with Crippen LogP contribution in [0.4, 0.5) is 0 Å². The van der Waals surface area contributed by atoms with Crippen molar-refractivity contribution >= 4 is 0 Å². The first-order chi connectivity index (χ1) is 9.67. The highest BCUT2D eigenvalue weighted by atomic mass is 16.5. The SMILES string of the molecule is Cc1cc(C)c(CO)c(Oc2ccc3c(c2)CCC3)n1. The van der Waals surface area contributed by atoms with E-state index < -0.39 is 0 Å². The highest BCUT2D eigenvalue weighted by molar-refractivity contribution is 5.42. The molecule has 0 unspecified atom stereocenters. The lowest BCUT2D eigenvalue weighted by Crippen LogP contribution is -2.00. The Bertz CT molecular complexity index is 650. The molecule has 2 aromatic rings. The minimum atomic E-state index is -0.0562. The average Bonchev–Trinajstić information content (AvgIpc) is 2.85. The van der Waals surface area contributed by atoms with Gasteiger partial charge in [0.25, 0.3) is 0 Å². The molecule has 0 spiro atoms. The van der Waals surface area contributed by atoms with Crippen LogP contribution in [0.15, 0.2) is 24.3 Å². The third-order valence-electron chi connectivity index (χ3n) is 3.88. The van der Waals surface area contributed by atoms with Crippen molar-refractivity contribution in [1.82, 2.24) is 4.98 Å². The van der Waals surface area contributed by atoms with E-state index in [-0.39, 0.29) is 6.61 Å². The summed E-state index contributed by atoms with van der Waals surface area (Å²) in [6.45, 7) is 3.85. The van der Waals surface area contributed by atoms with Crippen LogP contribution in [-0.4, -0.2) is 10.1 Å². The predicted molar refractivity (Wildman–Crippen MR) is 78.2 cm³/mol. The second kappa shape index (κ2) is 5.25. The summed E-state index contributed by atoms with van der Waals surface area (Å²) in [6, 6.07) is 8.19. The molecule has 0 aliphatic heterocycles. The number of hydrogen-bond acceptors (Lipinski definition) is 3. The molecule has 20 heavy (non-hydrogen) atoms. The normalized spacial score (nSPS) is 13.3. The van der Waals surface area contributed by atoms with Crippen LogP contribution >= 0.6 is 0 Å². The van der Waals surface area contributed by atoms with E-state index in [0.717, 1.165) is 29.0 Å². The molecule has 1 aliphatic rings. The Morgan fingerprint density at radius 2 is 1.95 bits per heavy atom. The van der Waals surface area contributed by atoms with Crippen LogP contribution in [0, 0.1) is 13.8 Å². The van der Waals surface area contributed by atoms with Gasteiger partial charge in [-0.25, -0.2) is 4.98 Å². The van der Waals surface area contributed by atoms with Crippen molar-refractivity contribution in [2.24, 2.45) is 0 Å². The third-order valence-corrected chi connectivity index (χ3v) is 3.88. The number of pyridine rings is 1. The molecule has 0 radical (unpaired) electrons. The summed E-state index contributed by atoms with van der Waals surface area (Å²) in [7, 11) is 0. The van der Waals surface area contributed by atoms with Crippen molar-refractivity contribution in [3.63, 3.8) is 0 Å². The van der Waals surface area contributed by atoms with E-state index in [2.05, 4.69) is 17.1 Å². The number of nitrogens with zero attached hydrogens (tertiary/aromatic N) is 1. The Hall–Kier alpha value is -1.87. The zero-order valence-electron chi connectivity index (χ0n) is 11.9. The molecule has 0 bridgehead atoms. The second-order valence-corrected chi connectivity index (χ2v) is 5.41. The maximum absolute atomic E-state index is 9.50. The number of aromatic nitrogens is 1. The first-order valence-corrected chi connectivity index (χ1v) is 7.05. The maximum Gasteiger partial charge on any atom is 0.225 e. The molecule has 1 aliphatic carbocycles. The van der Waals surface area contributed by atoms with Gasteiger partial charge in [-0.15, -0.1) is 0 Å². The molecule has 0 atom stereocenters. The molecule has 1 heterocycles. The van der Waals surface area contributed by atoms with Gasteiger partial charge >= 0.3 is 0 Å². The van der Waals surface area contributed by atoms with Gasteiger partial charge in [-0.05, 0) is 68.0 Å². The molecule has 0 saturated heterocycles. The fourth-order valence-electron chi connectivity index (χ4n) is 2.83. The molecule has 1 aromatic carbocycles. The van der Waals surface area contributed by atoms with Crippen LogP contribution in [0.2, 0.25) is 0 Å². The van der Waals surface area contributed by atoms with Crippen molar-refractivity contribution < 1.29 is 9.84 Å². The molecule has 0 amide bonds. The quantitative estimate of drug-likeness (QED) is 0.927. The number of hydrogen-bond donors (Lipinski definition) is 1. The second-order valence-electron chi connectivity index (χ2n) is 5.41. The number of aliphatic hydroxyl groups excluding tert-OH is 1. The number of aryl methyl sites for hydroxylation is 4. The molecule has 0 saturated carbocycles. The zero-order chi connectivity index (χ0) is 14.1. The summed E-state index contributed by atoms with van der Waals surface area (Å²) >= 11 is 0. The Morgan fingerprint density at radius 1 is 1.15 bits per heavy atom. The Balaban J connectivity index is 1.95. The van der Waals surface area contributed by atoms with Gasteiger partial charge in [0, 0.05) is 11.3 Å². The summed E-state index contributed by atoms with van der Waals surface area (Å²) < 4.78 is 5.92. The highest BCUT2D eigenvalue weighted by Crippen LogP contribution is 2.30. The van der Waals surface area contributed by atoms with Crippen LogP contribution in [0.5, 0.6) is 11.6 Å². The number of benzene rings is 1. The summed E-state index contributed by atoms with van der Waals surface area (Å²) in [5.41, 5.74) is 5.47. The number of rotatable bonds is 3. The topological polar surface area (TPSA) is 42.4 Å². The summed E-state index contributed by atoms with van der Waals surface area (Å²) in [4.78, 5) is 4.41. The van der Waals surface area contributed by atoms with E-state index >= 15 is 0 Å². The molecule has 3 rings (SSSR count).